The molecule has 0 unspecified atom stereocenters. The van der Waals surface area contributed by atoms with E-state index >= 15 is 0 Å². The molecule has 1 aromatic carbocycles. The summed E-state index contributed by atoms with van der Waals surface area (Å²) >= 11 is 4.21. The number of hydrogen-bond donors (Lipinski definition) is 2. The molecule has 16 heavy (non-hydrogen) atoms. The van der Waals surface area contributed by atoms with Gasteiger partial charge >= 0.3 is 0 Å². The zero-order valence-corrected chi connectivity index (χ0v) is 10.8. The van der Waals surface area contributed by atoms with Gasteiger partial charge in [0.05, 0.1) is 0 Å². The molecular formula is C14H19NS. The zero-order chi connectivity index (χ0) is 12.0. The SMILES string of the molecule is C/C(=C/CCN)c1ccccc1/C(C)=C/S. The highest BCUT2D eigenvalue weighted by atomic mass is 32.1. The summed E-state index contributed by atoms with van der Waals surface area (Å²) in [5, 5.41) is 1.84. The van der Waals surface area contributed by atoms with Crippen molar-refractivity contribution in [2.75, 3.05) is 6.54 Å². The maximum absolute atomic E-state index is 5.51. The van der Waals surface area contributed by atoms with E-state index in [1.54, 1.807) is 0 Å². The van der Waals surface area contributed by atoms with Gasteiger partial charge in [0.2, 0.25) is 0 Å². The van der Waals surface area contributed by atoms with Crippen LogP contribution in [0.25, 0.3) is 11.1 Å². The van der Waals surface area contributed by atoms with Crippen LogP contribution in [0.1, 0.15) is 31.4 Å². The highest BCUT2D eigenvalue weighted by Gasteiger charge is 2.04. The summed E-state index contributed by atoms with van der Waals surface area (Å²) in [7, 11) is 0. The van der Waals surface area contributed by atoms with E-state index in [1.807, 2.05) is 5.41 Å². The van der Waals surface area contributed by atoms with Crippen LogP contribution in [0.5, 0.6) is 0 Å². The van der Waals surface area contributed by atoms with Crippen LogP contribution >= 0.6 is 12.6 Å². The molecule has 1 aromatic rings. The Hall–Kier alpha value is -0.990. The number of hydrogen-bond acceptors (Lipinski definition) is 2. The van der Waals surface area contributed by atoms with Gasteiger partial charge in [-0.1, -0.05) is 30.3 Å². The van der Waals surface area contributed by atoms with Crippen molar-refractivity contribution < 1.29 is 0 Å². The molecule has 0 saturated heterocycles. The van der Waals surface area contributed by atoms with Gasteiger partial charge in [-0.3, -0.25) is 0 Å². The minimum absolute atomic E-state index is 0.695. The zero-order valence-electron chi connectivity index (χ0n) is 9.90. The molecule has 0 aliphatic rings. The Kier molecular flexibility index (Phi) is 5.36. The van der Waals surface area contributed by atoms with Crippen molar-refractivity contribution in [3.05, 3.63) is 46.9 Å². The maximum atomic E-state index is 5.51. The minimum Gasteiger partial charge on any atom is -0.330 e. The number of thiol groups is 1. The van der Waals surface area contributed by atoms with Crippen LogP contribution in [0.4, 0.5) is 0 Å². The van der Waals surface area contributed by atoms with E-state index in [4.69, 9.17) is 5.73 Å². The van der Waals surface area contributed by atoms with Gasteiger partial charge in [0, 0.05) is 0 Å². The fourth-order valence-corrected chi connectivity index (χ4v) is 1.79. The van der Waals surface area contributed by atoms with E-state index in [1.165, 1.54) is 22.3 Å². The second-order valence-corrected chi connectivity index (χ2v) is 4.08. The summed E-state index contributed by atoms with van der Waals surface area (Å²) in [6.07, 6.45) is 3.11. The predicted octanol–water partition coefficient (Wildman–Crippen LogP) is 3.73. The summed E-state index contributed by atoms with van der Waals surface area (Å²) in [4.78, 5) is 0. The molecule has 0 bridgehead atoms. The van der Waals surface area contributed by atoms with E-state index in [2.05, 4.69) is 56.8 Å². The van der Waals surface area contributed by atoms with Crippen molar-refractivity contribution in [2.24, 2.45) is 5.73 Å². The molecule has 0 fully saturated rings. The average molecular weight is 233 g/mol. The summed E-state index contributed by atoms with van der Waals surface area (Å²) in [5.74, 6) is 0. The molecule has 1 nitrogen and oxygen atoms in total. The lowest BCUT2D eigenvalue weighted by molar-refractivity contribution is 1.01. The first-order chi connectivity index (χ1) is 7.70. The quantitative estimate of drug-likeness (QED) is 0.761. The Morgan fingerprint density at radius 2 is 1.75 bits per heavy atom. The van der Waals surface area contributed by atoms with E-state index in [0.717, 1.165) is 6.42 Å². The van der Waals surface area contributed by atoms with Crippen LogP contribution in [0, 0.1) is 0 Å². The highest BCUT2D eigenvalue weighted by Crippen LogP contribution is 2.25. The Labute approximate surface area is 103 Å². The highest BCUT2D eigenvalue weighted by molar-refractivity contribution is 7.83. The van der Waals surface area contributed by atoms with Gasteiger partial charge in [-0.15, -0.1) is 0 Å². The van der Waals surface area contributed by atoms with Crippen molar-refractivity contribution in [3.8, 4) is 0 Å². The van der Waals surface area contributed by atoms with Gasteiger partial charge in [0.1, 0.15) is 0 Å². The van der Waals surface area contributed by atoms with Crippen LogP contribution in [-0.2, 0) is 0 Å². The summed E-state index contributed by atoms with van der Waals surface area (Å²) in [6, 6.07) is 8.37. The average Bonchev–Trinajstić information content (AvgIpc) is 2.35. The van der Waals surface area contributed by atoms with E-state index in [0.29, 0.717) is 6.54 Å². The van der Waals surface area contributed by atoms with Crippen molar-refractivity contribution >= 4 is 23.8 Å². The molecule has 0 aliphatic heterocycles. The lowest BCUT2D eigenvalue weighted by Gasteiger charge is -2.10. The lowest BCUT2D eigenvalue weighted by Crippen LogP contribution is -1.96. The Balaban J connectivity index is 3.13. The maximum Gasteiger partial charge on any atom is -0.00424 e. The van der Waals surface area contributed by atoms with Crippen molar-refractivity contribution in [1.29, 1.82) is 0 Å². The number of rotatable bonds is 4. The normalized spacial score (nSPS) is 13.0. The second-order valence-electron chi connectivity index (χ2n) is 3.82. The molecule has 0 saturated carbocycles. The van der Waals surface area contributed by atoms with E-state index < -0.39 is 0 Å². The molecule has 0 amide bonds. The first-order valence-electron chi connectivity index (χ1n) is 5.48. The van der Waals surface area contributed by atoms with Crippen LogP contribution < -0.4 is 5.73 Å². The molecule has 2 heteroatoms. The molecule has 0 atom stereocenters. The van der Waals surface area contributed by atoms with E-state index in [9.17, 15) is 0 Å². The van der Waals surface area contributed by atoms with Crippen molar-refractivity contribution in [3.63, 3.8) is 0 Å². The smallest absolute Gasteiger partial charge is 0.00424 e. The van der Waals surface area contributed by atoms with Crippen molar-refractivity contribution in [2.45, 2.75) is 20.3 Å². The van der Waals surface area contributed by atoms with Crippen LogP contribution in [0.3, 0.4) is 0 Å². The Morgan fingerprint density at radius 3 is 2.25 bits per heavy atom. The van der Waals surface area contributed by atoms with Gasteiger partial charge < -0.3 is 5.73 Å². The largest absolute Gasteiger partial charge is 0.330 e. The number of allylic oxidation sites excluding steroid dienone is 2. The third-order valence-electron chi connectivity index (χ3n) is 2.59. The summed E-state index contributed by atoms with van der Waals surface area (Å²) < 4.78 is 0. The molecular weight excluding hydrogens is 214 g/mol. The molecule has 86 valence electrons. The predicted molar refractivity (Wildman–Crippen MR) is 76.4 cm³/mol. The second kappa shape index (κ2) is 6.56. The van der Waals surface area contributed by atoms with Gasteiger partial charge in [-0.25, -0.2) is 0 Å². The van der Waals surface area contributed by atoms with Gasteiger partial charge in [-0.2, -0.15) is 12.6 Å². The number of nitrogens with two attached hydrogens (primary N) is 1. The lowest BCUT2D eigenvalue weighted by atomic mass is 9.96. The molecule has 0 aromatic heterocycles. The van der Waals surface area contributed by atoms with Gasteiger partial charge in [0.25, 0.3) is 0 Å². The molecule has 0 heterocycles. The third kappa shape index (κ3) is 3.26. The molecule has 2 N–H and O–H groups in total. The standard InChI is InChI=1S/C14H19NS/c1-11(6-5-9-15)13-7-3-4-8-14(13)12(2)10-16/h3-4,6-8,10,16H,5,9,15H2,1-2H3/b11-6-,12-10+. The summed E-state index contributed by atoms with van der Waals surface area (Å²) in [6.45, 7) is 4.89. The fourth-order valence-electron chi connectivity index (χ4n) is 1.65. The summed E-state index contributed by atoms with van der Waals surface area (Å²) in [5.41, 5.74) is 10.5. The van der Waals surface area contributed by atoms with Crippen molar-refractivity contribution in [1.82, 2.24) is 0 Å². The third-order valence-corrected chi connectivity index (χ3v) is 2.97. The topological polar surface area (TPSA) is 26.0 Å². The molecule has 1 rings (SSSR count). The minimum atomic E-state index is 0.695. The fraction of sp³-hybridized carbons (Fsp3) is 0.286. The Morgan fingerprint density at radius 1 is 1.19 bits per heavy atom. The van der Waals surface area contributed by atoms with Crippen LogP contribution in [-0.4, -0.2) is 6.54 Å². The molecule has 0 spiro atoms. The van der Waals surface area contributed by atoms with Crippen LogP contribution in [0.15, 0.2) is 35.7 Å². The Bertz CT molecular complexity index is 405. The van der Waals surface area contributed by atoms with Gasteiger partial charge in [-0.05, 0) is 54.5 Å². The monoisotopic (exact) mass is 233 g/mol. The molecule has 0 radical (unpaired) electrons. The molecule has 0 aliphatic carbocycles. The number of benzene rings is 1. The first-order valence-corrected chi connectivity index (χ1v) is 6.00. The first kappa shape index (κ1) is 13.1. The van der Waals surface area contributed by atoms with Gasteiger partial charge in [0.15, 0.2) is 0 Å². The van der Waals surface area contributed by atoms with E-state index in [-0.39, 0.29) is 0 Å². The van der Waals surface area contributed by atoms with Crippen LogP contribution in [0.2, 0.25) is 0 Å².